The van der Waals surface area contributed by atoms with Gasteiger partial charge in [-0.2, -0.15) is 0 Å². The quantitative estimate of drug-likeness (QED) is 0.644. The minimum absolute atomic E-state index is 0.0763. The van der Waals surface area contributed by atoms with Crippen molar-refractivity contribution in [1.82, 2.24) is 4.72 Å². The molecule has 0 bridgehead atoms. The first-order valence-electron chi connectivity index (χ1n) is 6.46. The Bertz CT molecular complexity index is 582. The van der Waals surface area contributed by atoms with E-state index in [1.54, 1.807) is 0 Å². The van der Waals surface area contributed by atoms with Crippen molar-refractivity contribution in [2.45, 2.75) is 24.2 Å². The molecule has 112 valence electrons. The van der Waals surface area contributed by atoms with Gasteiger partial charge in [-0.15, -0.1) is 0 Å². The highest BCUT2D eigenvalue weighted by Crippen LogP contribution is 2.48. The number of nitrogen functional groups attached to an aromatic ring is 1. The molecule has 1 aromatic rings. The molecule has 0 atom stereocenters. The number of nitrogens with two attached hydrogens (primary N) is 1. The van der Waals surface area contributed by atoms with E-state index in [0.717, 1.165) is 12.8 Å². The summed E-state index contributed by atoms with van der Waals surface area (Å²) in [7, 11) is -2.24. The molecule has 1 fully saturated rings. The lowest BCUT2D eigenvalue weighted by Gasteiger charge is -2.16. The first-order valence-corrected chi connectivity index (χ1v) is 7.95. The van der Waals surface area contributed by atoms with E-state index in [1.165, 1.54) is 25.3 Å². The Balaban J connectivity index is 2.14. The second-order valence-corrected chi connectivity index (χ2v) is 6.94. The summed E-state index contributed by atoms with van der Waals surface area (Å²) in [4.78, 5) is 0.0778. The highest BCUT2D eigenvalue weighted by molar-refractivity contribution is 7.89. The van der Waals surface area contributed by atoms with Crippen molar-refractivity contribution in [3.63, 3.8) is 0 Å². The van der Waals surface area contributed by atoms with Crippen LogP contribution in [-0.4, -0.2) is 33.8 Å². The van der Waals surface area contributed by atoms with Crippen LogP contribution in [0.5, 0.6) is 5.75 Å². The highest BCUT2D eigenvalue weighted by atomic mass is 32.2. The Labute approximate surface area is 119 Å². The zero-order chi connectivity index (χ0) is 14.8. The van der Waals surface area contributed by atoms with Gasteiger partial charge in [-0.3, -0.25) is 0 Å². The van der Waals surface area contributed by atoms with Gasteiger partial charge in [0.05, 0.1) is 7.11 Å². The Morgan fingerprint density at radius 2 is 2.15 bits per heavy atom. The molecule has 0 heterocycles. The molecule has 1 aliphatic rings. The van der Waals surface area contributed by atoms with Crippen molar-refractivity contribution in [2.24, 2.45) is 5.41 Å². The number of aliphatic hydroxyl groups excluding tert-OH is 1. The van der Waals surface area contributed by atoms with Crippen molar-refractivity contribution in [3.05, 3.63) is 18.2 Å². The van der Waals surface area contributed by atoms with E-state index in [4.69, 9.17) is 15.6 Å². The summed E-state index contributed by atoms with van der Waals surface area (Å²) in [6.07, 6.45) is 2.50. The number of methoxy groups -OCH3 is 1. The average molecular weight is 300 g/mol. The average Bonchev–Trinajstić information content (AvgIpc) is 3.17. The van der Waals surface area contributed by atoms with Crippen molar-refractivity contribution in [1.29, 1.82) is 0 Å². The first-order chi connectivity index (χ1) is 9.42. The molecule has 1 saturated carbocycles. The summed E-state index contributed by atoms with van der Waals surface area (Å²) in [6, 6.07) is 4.44. The number of aliphatic hydroxyl groups is 1. The normalized spacial score (nSPS) is 16.9. The van der Waals surface area contributed by atoms with Crippen molar-refractivity contribution < 1.29 is 18.3 Å². The maximum Gasteiger partial charge on any atom is 0.244 e. The van der Waals surface area contributed by atoms with Gasteiger partial charge in [0.15, 0.2) is 0 Å². The van der Waals surface area contributed by atoms with Gasteiger partial charge in [-0.05, 0) is 36.8 Å². The van der Waals surface area contributed by atoms with Crippen LogP contribution in [0.25, 0.3) is 0 Å². The summed E-state index contributed by atoms with van der Waals surface area (Å²) >= 11 is 0. The third kappa shape index (κ3) is 3.23. The predicted octanol–water partition coefficient (Wildman–Crippen LogP) is 0.718. The molecule has 20 heavy (non-hydrogen) atoms. The number of benzene rings is 1. The van der Waals surface area contributed by atoms with Gasteiger partial charge in [-0.25, -0.2) is 13.1 Å². The van der Waals surface area contributed by atoms with E-state index >= 15 is 0 Å². The Morgan fingerprint density at radius 1 is 1.45 bits per heavy atom. The Morgan fingerprint density at radius 3 is 2.70 bits per heavy atom. The van der Waals surface area contributed by atoms with Gasteiger partial charge in [0.2, 0.25) is 10.0 Å². The van der Waals surface area contributed by atoms with Crippen LogP contribution < -0.4 is 15.2 Å². The monoisotopic (exact) mass is 300 g/mol. The Hall–Kier alpha value is -1.31. The number of anilines is 1. The molecule has 7 heteroatoms. The van der Waals surface area contributed by atoms with Crippen LogP contribution in [0.4, 0.5) is 5.69 Å². The molecule has 0 aliphatic heterocycles. The van der Waals surface area contributed by atoms with E-state index in [9.17, 15) is 8.42 Å². The summed E-state index contributed by atoms with van der Waals surface area (Å²) in [5.41, 5.74) is 5.98. The number of rotatable bonds is 7. The molecule has 0 unspecified atom stereocenters. The van der Waals surface area contributed by atoms with E-state index < -0.39 is 10.0 Å². The SMILES string of the molecule is COc1cc(N)ccc1S(=O)(=O)NCC1(CCO)CC1. The zero-order valence-corrected chi connectivity index (χ0v) is 12.2. The van der Waals surface area contributed by atoms with Gasteiger partial charge in [-0.1, -0.05) is 0 Å². The molecule has 2 rings (SSSR count). The second kappa shape index (κ2) is 5.59. The van der Waals surface area contributed by atoms with Crippen LogP contribution in [0.15, 0.2) is 23.1 Å². The van der Waals surface area contributed by atoms with E-state index in [0.29, 0.717) is 18.7 Å². The third-order valence-electron chi connectivity index (χ3n) is 3.71. The molecular formula is C13H20N2O4S. The standard InChI is InChI=1S/C13H20N2O4S/c1-19-11-8-10(14)2-3-12(11)20(17,18)15-9-13(4-5-13)6-7-16/h2-3,8,15-16H,4-7,9,14H2,1H3. The van der Waals surface area contributed by atoms with Gasteiger partial charge in [0, 0.05) is 24.9 Å². The van der Waals surface area contributed by atoms with Crippen molar-refractivity contribution in [2.75, 3.05) is 26.0 Å². The van der Waals surface area contributed by atoms with Crippen LogP contribution in [0.3, 0.4) is 0 Å². The van der Waals surface area contributed by atoms with E-state index in [2.05, 4.69) is 4.72 Å². The Kier molecular flexibility index (Phi) is 4.22. The number of nitrogens with one attached hydrogen (secondary N) is 1. The van der Waals surface area contributed by atoms with Crippen molar-refractivity contribution >= 4 is 15.7 Å². The highest BCUT2D eigenvalue weighted by Gasteiger charge is 2.42. The molecular weight excluding hydrogens is 280 g/mol. The van der Waals surface area contributed by atoms with Crippen LogP contribution in [0.1, 0.15) is 19.3 Å². The fourth-order valence-corrected chi connectivity index (χ4v) is 3.47. The van der Waals surface area contributed by atoms with Crippen molar-refractivity contribution in [3.8, 4) is 5.75 Å². The molecule has 0 aromatic heterocycles. The third-order valence-corrected chi connectivity index (χ3v) is 5.15. The minimum Gasteiger partial charge on any atom is -0.495 e. The number of hydrogen-bond donors (Lipinski definition) is 3. The molecule has 6 nitrogen and oxygen atoms in total. The topological polar surface area (TPSA) is 102 Å². The molecule has 0 radical (unpaired) electrons. The molecule has 0 spiro atoms. The summed E-state index contributed by atoms with van der Waals surface area (Å²) in [5.74, 6) is 0.226. The number of hydrogen-bond acceptors (Lipinski definition) is 5. The van der Waals surface area contributed by atoms with E-state index in [-0.39, 0.29) is 22.7 Å². The van der Waals surface area contributed by atoms with Gasteiger partial charge >= 0.3 is 0 Å². The van der Waals surface area contributed by atoms with Crippen LogP contribution in [0.2, 0.25) is 0 Å². The number of sulfonamides is 1. The smallest absolute Gasteiger partial charge is 0.244 e. The maximum absolute atomic E-state index is 12.3. The predicted molar refractivity (Wildman–Crippen MR) is 76.0 cm³/mol. The van der Waals surface area contributed by atoms with Gasteiger partial charge in [0.25, 0.3) is 0 Å². The minimum atomic E-state index is -3.64. The van der Waals surface area contributed by atoms with Crippen LogP contribution in [-0.2, 0) is 10.0 Å². The largest absolute Gasteiger partial charge is 0.495 e. The molecule has 0 saturated heterocycles. The zero-order valence-electron chi connectivity index (χ0n) is 11.4. The van der Waals surface area contributed by atoms with Crippen LogP contribution in [0, 0.1) is 5.41 Å². The fraction of sp³-hybridized carbons (Fsp3) is 0.538. The summed E-state index contributed by atoms with van der Waals surface area (Å²) in [5, 5.41) is 8.99. The molecule has 4 N–H and O–H groups in total. The second-order valence-electron chi connectivity index (χ2n) is 5.21. The van der Waals surface area contributed by atoms with Gasteiger partial charge in [0.1, 0.15) is 10.6 Å². The number of ether oxygens (including phenoxy) is 1. The maximum atomic E-state index is 12.3. The van der Waals surface area contributed by atoms with E-state index in [1.807, 2.05) is 0 Å². The first kappa shape index (κ1) is 15.1. The summed E-state index contributed by atoms with van der Waals surface area (Å²) < 4.78 is 32.3. The lowest BCUT2D eigenvalue weighted by atomic mass is 10.0. The lowest BCUT2D eigenvalue weighted by molar-refractivity contribution is 0.249. The summed E-state index contributed by atoms with van der Waals surface area (Å²) in [6.45, 7) is 0.413. The fourth-order valence-electron chi connectivity index (χ4n) is 2.16. The van der Waals surface area contributed by atoms with Gasteiger partial charge < -0.3 is 15.6 Å². The molecule has 0 amide bonds. The van der Waals surface area contributed by atoms with Crippen LogP contribution >= 0.6 is 0 Å². The lowest BCUT2D eigenvalue weighted by Crippen LogP contribution is -2.31. The molecule has 1 aliphatic carbocycles. The molecule has 1 aromatic carbocycles.